The summed E-state index contributed by atoms with van der Waals surface area (Å²) in [5.74, 6) is -1.62. The first-order valence-corrected chi connectivity index (χ1v) is 13.1. The number of carbonyl (C=O) groups excluding carboxylic acids is 3. The number of nitro groups is 1. The third kappa shape index (κ3) is 4.80. The van der Waals surface area contributed by atoms with Crippen molar-refractivity contribution in [2.24, 2.45) is 0 Å². The van der Waals surface area contributed by atoms with Crippen LogP contribution in [0.4, 0.5) is 5.69 Å². The summed E-state index contributed by atoms with van der Waals surface area (Å²) >= 11 is 0. The van der Waals surface area contributed by atoms with E-state index in [1.165, 1.54) is 29.2 Å². The average Bonchev–Trinajstić information content (AvgIpc) is 3.21. The van der Waals surface area contributed by atoms with Crippen molar-refractivity contribution in [3.05, 3.63) is 112 Å². The van der Waals surface area contributed by atoms with Crippen LogP contribution in [0.3, 0.4) is 0 Å². The summed E-state index contributed by atoms with van der Waals surface area (Å²) in [6.07, 6.45) is 0.0623. The second-order valence-electron chi connectivity index (χ2n) is 8.98. The first-order valence-electron chi connectivity index (χ1n) is 11.8. The first-order chi connectivity index (χ1) is 18.3. The van der Waals surface area contributed by atoms with Crippen molar-refractivity contribution >= 4 is 34.3 Å². The molecule has 2 fully saturated rings. The van der Waals surface area contributed by atoms with Crippen molar-refractivity contribution in [2.75, 3.05) is 0 Å². The van der Waals surface area contributed by atoms with Gasteiger partial charge in [-0.1, -0.05) is 60.7 Å². The Labute approximate surface area is 220 Å². The van der Waals surface area contributed by atoms with Crippen LogP contribution in [0.15, 0.2) is 84.9 Å². The maximum absolute atomic E-state index is 13.6. The second kappa shape index (κ2) is 10.5. The molecule has 3 aromatic carbocycles. The Kier molecular flexibility index (Phi) is 7.01. The van der Waals surface area contributed by atoms with Gasteiger partial charge in [0, 0.05) is 12.1 Å². The summed E-state index contributed by atoms with van der Waals surface area (Å²) < 4.78 is 19.1. The third-order valence-electron chi connectivity index (χ3n) is 6.58. The quantitative estimate of drug-likeness (QED) is 0.203. The van der Waals surface area contributed by atoms with Gasteiger partial charge in [0.05, 0.1) is 27.4 Å². The van der Waals surface area contributed by atoms with Crippen molar-refractivity contribution < 1.29 is 28.3 Å². The average molecular weight is 534 g/mol. The maximum Gasteiger partial charge on any atom is 0.330 e. The number of carbonyl (C=O) groups is 3. The highest BCUT2D eigenvalue weighted by molar-refractivity contribution is 7.86. The van der Waals surface area contributed by atoms with E-state index in [0.29, 0.717) is 11.1 Å². The number of amides is 2. The molecule has 2 amide bonds. The van der Waals surface area contributed by atoms with E-state index in [4.69, 9.17) is 4.74 Å². The van der Waals surface area contributed by atoms with Gasteiger partial charge < -0.3 is 15.0 Å². The number of nitrogens with zero attached hydrogens (tertiary/aromatic N) is 2. The van der Waals surface area contributed by atoms with Gasteiger partial charge in [-0.25, -0.2) is 4.79 Å². The summed E-state index contributed by atoms with van der Waals surface area (Å²) in [4.78, 5) is 50.7. The fourth-order valence-corrected chi connectivity index (χ4v) is 6.87. The number of esters is 1. The number of fused-ring (bicyclic) bond motifs is 1. The van der Waals surface area contributed by atoms with Crippen LogP contribution < -0.4 is 5.32 Å². The zero-order valence-corrected chi connectivity index (χ0v) is 20.8. The highest BCUT2D eigenvalue weighted by atomic mass is 32.2. The van der Waals surface area contributed by atoms with Crippen molar-refractivity contribution in [1.29, 1.82) is 0 Å². The number of rotatable bonds is 8. The number of ether oxygens (including phenoxy) is 1. The zero-order chi connectivity index (χ0) is 26.8. The SMILES string of the molecule is O=C(Cc1ccccc1)N[C@@H]1C(=O)N2[C@@H]1S(=O)[C@H](c1ccccc1)[C@@H]2C(=O)OCc1ccc([N+](=O)[O-])cc1. The summed E-state index contributed by atoms with van der Waals surface area (Å²) in [5, 5.41) is 11.8. The normalized spacial score (nSPS) is 23.7. The Balaban J connectivity index is 1.34. The number of nitro benzene ring substituents is 1. The van der Waals surface area contributed by atoms with Gasteiger partial charge >= 0.3 is 5.97 Å². The summed E-state index contributed by atoms with van der Waals surface area (Å²) in [6.45, 7) is -0.175. The standard InChI is InChI=1S/C27H23N3O7S/c31-21(15-17-7-3-1-4-8-17)28-22-25(32)29-23(24(38(36)26(22)29)19-9-5-2-6-10-19)27(33)37-16-18-11-13-20(14-12-18)30(34)35/h1-14,22-24,26H,15-16H2,(H,28,31)/t22-,23-,24-,26-,38?/m1/s1. The number of non-ortho nitro benzene ring substituents is 1. The third-order valence-corrected chi connectivity index (χ3v) is 8.58. The van der Waals surface area contributed by atoms with Crippen molar-refractivity contribution in [3.63, 3.8) is 0 Å². The van der Waals surface area contributed by atoms with Crippen LogP contribution in [-0.4, -0.2) is 49.3 Å². The molecule has 0 spiro atoms. The predicted molar refractivity (Wildman–Crippen MR) is 137 cm³/mol. The van der Waals surface area contributed by atoms with E-state index in [-0.39, 0.29) is 24.6 Å². The lowest BCUT2D eigenvalue weighted by Gasteiger charge is -2.43. The molecular weight excluding hydrogens is 510 g/mol. The Hall–Kier alpha value is -4.38. The van der Waals surface area contributed by atoms with Crippen LogP contribution in [0, 0.1) is 10.1 Å². The molecule has 5 atom stereocenters. The van der Waals surface area contributed by atoms with Gasteiger partial charge in [-0.2, -0.15) is 0 Å². The molecule has 0 aromatic heterocycles. The fraction of sp³-hybridized carbons (Fsp3) is 0.222. The number of nitrogens with one attached hydrogen (secondary N) is 1. The molecule has 2 saturated heterocycles. The molecule has 0 bridgehead atoms. The molecule has 1 unspecified atom stereocenters. The Morgan fingerprint density at radius 3 is 2.21 bits per heavy atom. The van der Waals surface area contributed by atoms with E-state index in [2.05, 4.69) is 5.32 Å². The van der Waals surface area contributed by atoms with Gasteiger partial charge in [-0.15, -0.1) is 0 Å². The maximum atomic E-state index is 13.6. The molecule has 10 nitrogen and oxygen atoms in total. The summed E-state index contributed by atoms with van der Waals surface area (Å²) in [6, 6.07) is 21.2. The van der Waals surface area contributed by atoms with Gasteiger partial charge in [-0.05, 0) is 28.8 Å². The molecule has 0 saturated carbocycles. The van der Waals surface area contributed by atoms with E-state index >= 15 is 0 Å². The molecule has 1 N–H and O–H groups in total. The van der Waals surface area contributed by atoms with Crippen LogP contribution >= 0.6 is 0 Å². The second-order valence-corrected chi connectivity index (χ2v) is 10.6. The molecule has 194 valence electrons. The lowest BCUT2D eigenvalue weighted by molar-refractivity contribution is -0.384. The molecule has 2 aliphatic rings. The van der Waals surface area contributed by atoms with Crippen LogP contribution in [0.2, 0.25) is 0 Å². The van der Waals surface area contributed by atoms with Gasteiger partial charge in [0.15, 0.2) is 0 Å². The van der Waals surface area contributed by atoms with Crippen molar-refractivity contribution in [2.45, 2.75) is 35.7 Å². The smallest absolute Gasteiger partial charge is 0.330 e. The molecular formula is C27H23N3O7S. The minimum Gasteiger partial charge on any atom is -0.459 e. The fourth-order valence-electron chi connectivity index (χ4n) is 4.74. The largest absolute Gasteiger partial charge is 0.459 e. The van der Waals surface area contributed by atoms with E-state index in [9.17, 15) is 28.7 Å². The van der Waals surface area contributed by atoms with Gasteiger partial charge in [-0.3, -0.25) is 23.9 Å². The number of hydrogen-bond acceptors (Lipinski definition) is 7. The highest BCUT2D eigenvalue weighted by Gasteiger charge is 2.65. The number of hydrogen-bond donors (Lipinski definition) is 1. The molecule has 5 rings (SSSR count). The molecule has 2 heterocycles. The van der Waals surface area contributed by atoms with E-state index in [0.717, 1.165) is 5.56 Å². The Morgan fingerprint density at radius 2 is 1.58 bits per heavy atom. The van der Waals surface area contributed by atoms with Crippen molar-refractivity contribution in [1.82, 2.24) is 10.2 Å². The minimum atomic E-state index is -1.71. The molecule has 3 aromatic rings. The molecule has 38 heavy (non-hydrogen) atoms. The Morgan fingerprint density at radius 1 is 0.947 bits per heavy atom. The van der Waals surface area contributed by atoms with Gasteiger partial charge in [0.2, 0.25) is 11.8 Å². The van der Waals surface area contributed by atoms with Crippen molar-refractivity contribution in [3.8, 4) is 0 Å². The summed E-state index contributed by atoms with van der Waals surface area (Å²) in [5.41, 5.74) is 1.82. The van der Waals surface area contributed by atoms with Crippen LogP contribution in [-0.2, 0) is 42.9 Å². The van der Waals surface area contributed by atoms with Gasteiger partial charge in [0.25, 0.3) is 5.69 Å². The van der Waals surface area contributed by atoms with Crippen LogP contribution in [0.5, 0.6) is 0 Å². The van der Waals surface area contributed by atoms with Crippen LogP contribution in [0.1, 0.15) is 21.9 Å². The van der Waals surface area contributed by atoms with E-state index in [1.807, 2.05) is 18.2 Å². The van der Waals surface area contributed by atoms with E-state index < -0.39 is 50.3 Å². The molecule has 0 aliphatic carbocycles. The zero-order valence-electron chi connectivity index (χ0n) is 20.0. The monoisotopic (exact) mass is 533 g/mol. The van der Waals surface area contributed by atoms with E-state index in [1.54, 1.807) is 42.5 Å². The lowest BCUT2D eigenvalue weighted by atomic mass is 9.98. The first kappa shape index (κ1) is 25.3. The highest BCUT2D eigenvalue weighted by Crippen LogP contribution is 2.45. The summed E-state index contributed by atoms with van der Waals surface area (Å²) in [7, 11) is -1.71. The number of β-lactam (4-membered cyclic amide) rings is 1. The number of benzene rings is 3. The topological polar surface area (TPSA) is 136 Å². The minimum absolute atomic E-state index is 0.0623. The van der Waals surface area contributed by atoms with Gasteiger partial charge in [0.1, 0.15) is 24.1 Å². The molecule has 2 aliphatic heterocycles. The molecule has 0 radical (unpaired) electrons. The predicted octanol–water partition coefficient (Wildman–Crippen LogP) is 2.41. The Bertz CT molecular complexity index is 1400. The van der Waals surface area contributed by atoms with Crippen LogP contribution in [0.25, 0.3) is 0 Å². The lowest BCUT2D eigenvalue weighted by Crippen LogP contribution is -2.71. The molecule has 11 heteroatoms.